The van der Waals surface area contributed by atoms with Crippen molar-refractivity contribution in [2.45, 2.75) is 31.5 Å². The minimum atomic E-state index is -0.769. The minimum Gasteiger partial charge on any atom is -0.479 e. The Labute approximate surface area is 307 Å². The Morgan fingerprint density at radius 1 is 0.510 bits per heavy atom. The first-order chi connectivity index (χ1) is 24.8. The van der Waals surface area contributed by atoms with Crippen LogP contribution in [0.1, 0.15) is 36.1 Å². The maximum atomic E-state index is 13.1. The second-order valence-corrected chi connectivity index (χ2v) is 13.2. The van der Waals surface area contributed by atoms with Gasteiger partial charge in [-0.25, -0.2) is 0 Å². The molecule has 1 aliphatic carbocycles. The van der Waals surface area contributed by atoms with Gasteiger partial charge in [-0.1, -0.05) is 120 Å². The standard InChI is InChI=1S/C43H34Cl2N2O4/c1-27(50-39-17-9-7-15-37(39)44)41(48)46-31-23-19-29(20-24-31)43(35-13-5-3-11-33(35)34-12-4-6-14-36(34)43)30-21-25-32(26-22-30)47-42(49)28(2)51-40-18-10-8-16-38(40)45/h3-28H,1-2H3,(H,46,48)(H,47,49). The molecular formula is C43H34Cl2N2O4. The van der Waals surface area contributed by atoms with Crippen molar-refractivity contribution in [2.24, 2.45) is 0 Å². The summed E-state index contributed by atoms with van der Waals surface area (Å²) in [5.41, 5.74) is 7.25. The lowest BCUT2D eigenvalue weighted by molar-refractivity contribution is -0.122. The lowest BCUT2D eigenvalue weighted by Crippen LogP contribution is -2.31. The Bertz CT molecular complexity index is 2060. The molecule has 6 nitrogen and oxygen atoms in total. The van der Waals surface area contributed by atoms with E-state index < -0.39 is 17.6 Å². The number of carbonyl (C=O) groups excluding carboxylic acids is 2. The fraction of sp³-hybridized carbons (Fsp3) is 0.116. The van der Waals surface area contributed by atoms with Gasteiger partial charge in [0.2, 0.25) is 0 Å². The molecule has 0 heterocycles. The molecule has 8 heteroatoms. The fourth-order valence-corrected chi connectivity index (χ4v) is 7.05. The number of hydrogen-bond donors (Lipinski definition) is 2. The van der Waals surface area contributed by atoms with Crippen LogP contribution >= 0.6 is 23.2 Å². The predicted molar refractivity (Wildman–Crippen MR) is 204 cm³/mol. The molecule has 254 valence electrons. The molecule has 6 aromatic carbocycles. The van der Waals surface area contributed by atoms with Crippen molar-refractivity contribution in [2.75, 3.05) is 10.6 Å². The first-order valence-electron chi connectivity index (χ1n) is 16.6. The smallest absolute Gasteiger partial charge is 0.265 e. The molecule has 7 rings (SSSR count). The molecular weight excluding hydrogens is 679 g/mol. The third-order valence-corrected chi connectivity index (χ3v) is 9.77. The van der Waals surface area contributed by atoms with Gasteiger partial charge in [-0.2, -0.15) is 0 Å². The van der Waals surface area contributed by atoms with E-state index in [0.717, 1.165) is 33.4 Å². The second-order valence-electron chi connectivity index (χ2n) is 12.4. The van der Waals surface area contributed by atoms with Gasteiger partial charge < -0.3 is 20.1 Å². The molecule has 0 bridgehead atoms. The number of halogens is 2. The quantitative estimate of drug-likeness (QED) is 0.148. The van der Waals surface area contributed by atoms with Gasteiger partial charge in [0.15, 0.2) is 12.2 Å². The largest absolute Gasteiger partial charge is 0.479 e. The SMILES string of the molecule is CC(Oc1ccccc1Cl)C(=O)Nc1ccc(C2(c3ccc(NC(=O)C(C)Oc4ccccc4Cl)cc3)c3ccccc3-c3ccccc32)cc1. The summed E-state index contributed by atoms with van der Waals surface area (Å²) >= 11 is 12.5. The number of anilines is 2. The molecule has 51 heavy (non-hydrogen) atoms. The van der Waals surface area contributed by atoms with E-state index in [2.05, 4.69) is 83.4 Å². The zero-order valence-corrected chi connectivity index (χ0v) is 29.4. The molecule has 0 fully saturated rings. The van der Waals surface area contributed by atoms with E-state index in [0.29, 0.717) is 32.9 Å². The number of rotatable bonds is 10. The molecule has 1 aliphatic rings. The number of benzene rings is 6. The summed E-state index contributed by atoms with van der Waals surface area (Å²) in [6, 6.07) is 46.9. The van der Waals surface area contributed by atoms with Gasteiger partial charge in [0, 0.05) is 11.4 Å². The van der Waals surface area contributed by atoms with Crippen LogP contribution in [0.25, 0.3) is 11.1 Å². The summed E-state index contributed by atoms with van der Waals surface area (Å²) in [6.07, 6.45) is -1.54. The van der Waals surface area contributed by atoms with Crippen LogP contribution in [-0.2, 0) is 15.0 Å². The van der Waals surface area contributed by atoms with Gasteiger partial charge in [0.25, 0.3) is 11.8 Å². The molecule has 0 saturated heterocycles. The molecule has 0 spiro atoms. The lowest BCUT2D eigenvalue weighted by Gasteiger charge is -2.34. The zero-order chi connectivity index (χ0) is 35.5. The molecule has 0 aliphatic heterocycles. The van der Waals surface area contributed by atoms with Crippen molar-refractivity contribution in [3.05, 3.63) is 178 Å². The fourth-order valence-electron chi connectivity index (χ4n) is 6.69. The normalized spacial score (nSPS) is 13.6. The number of para-hydroxylation sites is 2. The Kier molecular flexibility index (Phi) is 9.54. The van der Waals surface area contributed by atoms with Crippen LogP contribution < -0.4 is 20.1 Å². The van der Waals surface area contributed by atoms with Gasteiger partial charge >= 0.3 is 0 Å². The first-order valence-corrected chi connectivity index (χ1v) is 17.4. The maximum Gasteiger partial charge on any atom is 0.265 e. The van der Waals surface area contributed by atoms with Gasteiger partial charge in [-0.3, -0.25) is 9.59 Å². The van der Waals surface area contributed by atoms with E-state index in [-0.39, 0.29) is 11.8 Å². The van der Waals surface area contributed by atoms with Crippen LogP contribution in [-0.4, -0.2) is 24.0 Å². The lowest BCUT2D eigenvalue weighted by atomic mass is 9.67. The Morgan fingerprint density at radius 2 is 0.863 bits per heavy atom. The highest BCUT2D eigenvalue weighted by molar-refractivity contribution is 6.32. The summed E-state index contributed by atoms with van der Waals surface area (Å²) in [7, 11) is 0. The molecule has 0 aromatic heterocycles. The highest BCUT2D eigenvalue weighted by Crippen LogP contribution is 2.56. The van der Waals surface area contributed by atoms with Gasteiger partial charge in [0.05, 0.1) is 15.5 Å². The van der Waals surface area contributed by atoms with Crippen LogP contribution in [0, 0.1) is 0 Å². The van der Waals surface area contributed by atoms with Crippen molar-refractivity contribution in [3.8, 4) is 22.6 Å². The Hall–Kier alpha value is -5.56. The van der Waals surface area contributed by atoms with Crippen molar-refractivity contribution < 1.29 is 19.1 Å². The van der Waals surface area contributed by atoms with E-state index in [1.807, 2.05) is 48.5 Å². The van der Waals surface area contributed by atoms with E-state index in [1.165, 1.54) is 0 Å². The molecule has 0 saturated carbocycles. The predicted octanol–water partition coefficient (Wildman–Crippen LogP) is 10.2. The summed E-state index contributed by atoms with van der Waals surface area (Å²) in [4.78, 5) is 26.2. The third kappa shape index (κ3) is 6.56. The van der Waals surface area contributed by atoms with E-state index in [1.54, 1.807) is 38.1 Å². The summed E-state index contributed by atoms with van der Waals surface area (Å²) in [5.74, 6) is 0.308. The third-order valence-electron chi connectivity index (χ3n) is 9.14. The number of carbonyl (C=O) groups is 2. The van der Waals surface area contributed by atoms with Crippen LogP contribution in [0.15, 0.2) is 146 Å². The first kappa shape index (κ1) is 33.9. The maximum absolute atomic E-state index is 13.1. The van der Waals surface area contributed by atoms with Crippen LogP contribution in [0.4, 0.5) is 11.4 Å². The average molecular weight is 714 g/mol. The molecule has 2 N–H and O–H groups in total. The van der Waals surface area contributed by atoms with Crippen molar-refractivity contribution >= 4 is 46.4 Å². The topological polar surface area (TPSA) is 76.7 Å². The number of ether oxygens (including phenoxy) is 2. The summed E-state index contributed by atoms with van der Waals surface area (Å²) in [6.45, 7) is 3.38. The van der Waals surface area contributed by atoms with Crippen molar-refractivity contribution in [1.82, 2.24) is 0 Å². The minimum absolute atomic E-state index is 0.293. The van der Waals surface area contributed by atoms with Crippen molar-refractivity contribution in [3.63, 3.8) is 0 Å². The van der Waals surface area contributed by atoms with Crippen LogP contribution in [0.2, 0.25) is 10.0 Å². The molecule has 2 unspecified atom stereocenters. The van der Waals surface area contributed by atoms with Gasteiger partial charge in [0.1, 0.15) is 11.5 Å². The Morgan fingerprint density at radius 3 is 1.25 bits per heavy atom. The van der Waals surface area contributed by atoms with Gasteiger partial charge in [-0.05, 0) is 95.8 Å². The van der Waals surface area contributed by atoms with Crippen molar-refractivity contribution in [1.29, 1.82) is 0 Å². The van der Waals surface area contributed by atoms with E-state index in [9.17, 15) is 9.59 Å². The molecule has 2 amide bonds. The number of hydrogen-bond acceptors (Lipinski definition) is 4. The number of amides is 2. The van der Waals surface area contributed by atoms with E-state index >= 15 is 0 Å². The Balaban J connectivity index is 1.19. The second kappa shape index (κ2) is 14.4. The van der Waals surface area contributed by atoms with Crippen LogP contribution in [0.3, 0.4) is 0 Å². The summed E-state index contributed by atoms with van der Waals surface area (Å²) in [5, 5.41) is 6.84. The average Bonchev–Trinajstić information content (AvgIpc) is 3.45. The molecule has 2 atom stereocenters. The molecule has 6 aromatic rings. The van der Waals surface area contributed by atoms with E-state index in [4.69, 9.17) is 32.7 Å². The van der Waals surface area contributed by atoms with Gasteiger partial charge in [-0.15, -0.1) is 0 Å². The molecule has 0 radical (unpaired) electrons. The monoisotopic (exact) mass is 712 g/mol. The number of nitrogens with one attached hydrogen (secondary N) is 2. The number of fused-ring (bicyclic) bond motifs is 3. The summed E-state index contributed by atoms with van der Waals surface area (Å²) < 4.78 is 11.7. The highest BCUT2D eigenvalue weighted by atomic mass is 35.5. The zero-order valence-electron chi connectivity index (χ0n) is 27.9. The van der Waals surface area contributed by atoms with Crippen LogP contribution in [0.5, 0.6) is 11.5 Å². The highest BCUT2D eigenvalue weighted by Gasteiger charge is 2.45.